The molecule has 0 bridgehead atoms. The molecule has 5 nitrogen and oxygen atoms in total. The molecule has 2 heterocycles. The van der Waals surface area contributed by atoms with Crippen LogP contribution in [0.15, 0.2) is 53.1 Å². The smallest absolute Gasteiger partial charge is 0.316 e. The summed E-state index contributed by atoms with van der Waals surface area (Å²) in [6, 6.07) is 11.4. The quantitative estimate of drug-likeness (QED) is 0.283. The van der Waals surface area contributed by atoms with Crippen molar-refractivity contribution >= 4 is 39.3 Å². The van der Waals surface area contributed by atoms with E-state index in [-0.39, 0.29) is 18.3 Å². The first-order valence-corrected chi connectivity index (χ1v) is 8.84. The van der Waals surface area contributed by atoms with Gasteiger partial charge in [0.15, 0.2) is 0 Å². The zero-order valence-corrected chi connectivity index (χ0v) is 13.8. The maximum atomic E-state index is 11.8. The van der Waals surface area contributed by atoms with Crippen molar-refractivity contribution in [3.63, 3.8) is 0 Å². The van der Waals surface area contributed by atoms with E-state index in [1.807, 2.05) is 41.8 Å². The Balaban J connectivity index is 1.41. The monoisotopic (exact) mass is 346 g/mol. The van der Waals surface area contributed by atoms with E-state index in [0.717, 1.165) is 21.0 Å². The Labute approximate surface area is 141 Å². The third-order valence-corrected chi connectivity index (χ3v) is 4.71. The first-order chi connectivity index (χ1) is 11.3. The molecule has 0 saturated heterocycles. The summed E-state index contributed by atoms with van der Waals surface area (Å²) in [7, 11) is 0. The lowest BCUT2D eigenvalue weighted by Crippen LogP contribution is -2.13. The minimum absolute atomic E-state index is 0.216. The number of hydrogen-bond donors (Lipinski definition) is 0. The van der Waals surface area contributed by atoms with E-state index in [4.69, 9.17) is 9.47 Å². The Bertz CT molecular complexity index is 777. The van der Waals surface area contributed by atoms with Gasteiger partial charge in [-0.05, 0) is 23.6 Å². The number of carbonyl (C=O) groups excluding carboxylic acids is 1. The van der Waals surface area contributed by atoms with Crippen molar-refractivity contribution in [1.82, 2.24) is 9.97 Å². The number of ether oxygens (including phenoxy) is 2. The molecule has 0 amide bonds. The van der Waals surface area contributed by atoms with E-state index in [9.17, 15) is 4.79 Å². The van der Waals surface area contributed by atoms with Crippen molar-refractivity contribution in [3.05, 3.63) is 48.1 Å². The van der Waals surface area contributed by atoms with Gasteiger partial charge in [0.2, 0.25) is 0 Å². The van der Waals surface area contributed by atoms with Crippen LogP contribution in [0.3, 0.4) is 0 Å². The molecule has 0 saturated carbocycles. The zero-order valence-electron chi connectivity index (χ0n) is 12.2. The van der Waals surface area contributed by atoms with Gasteiger partial charge in [-0.15, -0.1) is 11.3 Å². The van der Waals surface area contributed by atoms with Crippen LogP contribution in [0.5, 0.6) is 5.75 Å². The summed E-state index contributed by atoms with van der Waals surface area (Å²) in [5.41, 5.74) is 0. The van der Waals surface area contributed by atoms with Crippen LogP contribution in [0.4, 0.5) is 0 Å². The fourth-order valence-electron chi connectivity index (χ4n) is 1.88. The van der Waals surface area contributed by atoms with Crippen LogP contribution in [-0.2, 0) is 9.53 Å². The van der Waals surface area contributed by atoms with Crippen molar-refractivity contribution in [3.8, 4) is 5.75 Å². The third-order valence-electron chi connectivity index (χ3n) is 2.91. The Morgan fingerprint density at radius 3 is 2.87 bits per heavy atom. The highest BCUT2D eigenvalue weighted by molar-refractivity contribution is 8.00. The number of para-hydroxylation sites is 1. The van der Waals surface area contributed by atoms with Crippen molar-refractivity contribution in [2.45, 2.75) is 5.03 Å². The molecule has 0 radical (unpaired) electrons. The van der Waals surface area contributed by atoms with Gasteiger partial charge in [0.25, 0.3) is 0 Å². The average Bonchev–Trinajstić information content (AvgIpc) is 3.07. The molecular weight excluding hydrogens is 332 g/mol. The molecule has 2 aromatic heterocycles. The highest BCUT2D eigenvalue weighted by Gasteiger charge is 2.09. The van der Waals surface area contributed by atoms with Gasteiger partial charge < -0.3 is 9.47 Å². The van der Waals surface area contributed by atoms with Gasteiger partial charge in [-0.2, -0.15) is 0 Å². The van der Waals surface area contributed by atoms with Crippen LogP contribution in [0.25, 0.3) is 10.2 Å². The largest absolute Gasteiger partial charge is 0.490 e. The molecule has 118 valence electrons. The number of rotatable bonds is 7. The number of esters is 1. The highest BCUT2D eigenvalue weighted by atomic mass is 32.2. The molecule has 0 aliphatic heterocycles. The van der Waals surface area contributed by atoms with Crippen molar-refractivity contribution in [2.24, 2.45) is 0 Å². The third kappa shape index (κ3) is 4.43. The summed E-state index contributed by atoms with van der Waals surface area (Å²) in [6.45, 7) is 0.564. The van der Waals surface area contributed by atoms with Crippen LogP contribution in [-0.4, -0.2) is 34.9 Å². The molecule has 0 spiro atoms. The lowest BCUT2D eigenvalue weighted by atomic mass is 10.3. The molecule has 23 heavy (non-hydrogen) atoms. The fourth-order valence-corrected chi connectivity index (χ4v) is 3.46. The molecule has 0 aliphatic carbocycles. The number of benzene rings is 1. The first kappa shape index (κ1) is 15.8. The first-order valence-electron chi connectivity index (χ1n) is 6.97. The minimum Gasteiger partial charge on any atom is -0.490 e. The van der Waals surface area contributed by atoms with Crippen LogP contribution < -0.4 is 4.74 Å². The van der Waals surface area contributed by atoms with Crippen LogP contribution in [0.1, 0.15) is 0 Å². The van der Waals surface area contributed by atoms with Gasteiger partial charge >= 0.3 is 5.97 Å². The van der Waals surface area contributed by atoms with E-state index in [0.29, 0.717) is 6.61 Å². The molecule has 1 aromatic carbocycles. The number of thiophene rings is 1. The van der Waals surface area contributed by atoms with Gasteiger partial charge in [-0.1, -0.05) is 30.0 Å². The molecule has 0 atom stereocenters. The molecule has 3 aromatic rings. The van der Waals surface area contributed by atoms with Crippen molar-refractivity contribution in [2.75, 3.05) is 19.0 Å². The average molecular weight is 346 g/mol. The number of thioether (sulfide) groups is 1. The van der Waals surface area contributed by atoms with E-state index in [1.54, 1.807) is 11.3 Å². The number of aromatic nitrogens is 2. The summed E-state index contributed by atoms with van der Waals surface area (Å²) >= 11 is 2.91. The number of nitrogens with zero attached hydrogens (tertiary/aromatic N) is 2. The zero-order chi connectivity index (χ0) is 15.9. The summed E-state index contributed by atoms with van der Waals surface area (Å²) < 4.78 is 10.6. The van der Waals surface area contributed by atoms with Crippen LogP contribution in [0.2, 0.25) is 0 Å². The second-order valence-electron chi connectivity index (χ2n) is 4.49. The molecule has 0 unspecified atom stereocenters. The SMILES string of the molecule is O=C(CSc1ncnc2sccc12)OCCOc1ccccc1. The van der Waals surface area contributed by atoms with Gasteiger partial charge in [-0.3, -0.25) is 4.79 Å². The predicted molar refractivity (Wildman–Crippen MR) is 91.0 cm³/mol. The number of hydrogen-bond acceptors (Lipinski definition) is 7. The maximum Gasteiger partial charge on any atom is 0.316 e. The molecule has 0 N–H and O–H groups in total. The van der Waals surface area contributed by atoms with E-state index in [2.05, 4.69) is 9.97 Å². The van der Waals surface area contributed by atoms with Gasteiger partial charge in [0, 0.05) is 5.39 Å². The normalized spacial score (nSPS) is 10.6. The standard InChI is InChI=1S/C16H14N2O3S2/c19-14(21-8-7-20-12-4-2-1-3-5-12)10-23-16-13-6-9-22-15(13)17-11-18-16/h1-6,9,11H,7-8,10H2. The summed E-state index contributed by atoms with van der Waals surface area (Å²) in [5, 5.41) is 3.74. The summed E-state index contributed by atoms with van der Waals surface area (Å²) in [5.74, 6) is 0.695. The van der Waals surface area contributed by atoms with Crippen molar-refractivity contribution in [1.29, 1.82) is 0 Å². The second kappa shape index (κ2) is 7.94. The van der Waals surface area contributed by atoms with Crippen molar-refractivity contribution < 1.29 is 14.3 Å². The molecule has 7 heteroatoms. The number of carbonyl (C=O) groups is 1. The maximum absolute atomic E-state index is 11.8. The fraction of sp³-hybridized carbons (Fsp3) is 0.188. The van der Waals surface area contributed by atoms with Crippen LogP contribution in [0, 0.1) is 0 Å². The minimum atomic E-state index is -0.284. The van der Waals surface area contributed by atoms with Gasteiger partial charge in [0.05, 0.1) is 5.75 Å². The Kier molecular flexibility index (Phi) is 5.44. The van der Waals surface area contributed by atoms with Crippen LogP contribution >= 0.6 is 23.1 Å². The summed E-state index contributed by atoms with van der Waals surface area (Å²) in [6.07, 6.45) is 1.51. The Hall–Kier alpha value is -2.12. The lowest BCUT2D eigenvalue weighted by molar-refractivity contribution is -0.141. The van der Waals surface area contributed by atoms with Gasteiger partial charge in [0.1, 0.15) is 35.1 Å². The predicted octanol–water partition coefficient (Wildman–Crippen LogP) is 3.41. The number of fused-ring (bicyclic) bond motifs is 1. The molecule has 3 rings (SSSR count). The molecule has 0 fully saturated rings. The second-order valence-corrected chi connectivity index (χ2v) is 6.35. The Morgan fingerprint density at radius 2 is 2.00 bits per heavy atom. The van der Waals surface area contributed by atoms with E-state index in [1.165, 1.54) is 18.1 Å². The Morgan fingerprint density at radius 1 is 1.13 bits per heavy atom. The highest BCUT2D eigenvalue weighted by Crippen LogP contribution is 2.27. The molecular formula is C16H14N2O3S2. The van der Waals surface area contributed by atoms with E-state index >= 15 is 0 Å². The van der Waals surface area contributed by atoms with Gasteiger partial charge in [-0.25, -0.2) is 9.97 Å². The van der Waals surface area contributed by atoms with E-state index < -0.39 is 0 Å². The molecule has 0 aliphatic rings. The lowest BCUT2D eigenvalue weighted by Gasteiger charge is -2.07. The summed E-state index contributed by atoms with van der Waals surface area (Å²) in [4.78, 5) is 21.1. The topological polar surface area (TPSA) is 61.3 Å².